The van der Waals surface area contributed by atoms with E-state index in [0.717, 1.165) is 12.0 Å². The highest BCUT2D eigenvalue weighted by atomic mass is 35.5. The van der Waals surface area contributed by atoms with Crippen LogP contribution in [0.1, 0.15) is 18.1 Å². The van der Waals surface area contributed by atoms with Crippen LogP contribution in [-0.2, 0) is 0 Å². The van der Waals surface area contributed by atoms with Gasteiger partial charge >= 0.3 is 0 Å². The average molecular weight is 231 g/mol. The number of hydrogen-bond acceptors (Lipinski definition) is 1. The molecule has 0 bridgehead atoms. The summed E-state index contributed by atoms with van der Waals surface area (Å²) in [6.07, 6.45) is 3.65. The number of halogens is 2. The fraction of sp³-hybridized carbons (Fsp3) is 0.273. The van der Waals surface area contributed by atoms with Gasteiger partial charge in [0.2, 0.25) is 0 Å². The number of alkyl halides is 1. The molecular formula is C11H12Cl2O. The van der Waals surface area contributed by atoms with Crippen molar-refractivity contribution < 1.29 is 5.11 Å². The second-order valence-corrected chi connectivity index (χ2v) is 3.66. The Balaban J connectivity index is 2.69. The van der Waals surface area contributed by atoms with E-state index < -0.39 is 6.10 Å². The fourth-order valence-corrected chi connectivity index (χ4v) is 1.48. The molecule has 0 amide bonds. The fourth-order valence-electron chi connectivity index (χ4n) is 1.11. The second kappa shape index (κ2) is 6.07. The van der Waals surface area contributed by atoms with Gasteiger partial charge in [-0.05, 0) is 12.5 Å². The lowest BCUT2D eigenvalue weighted by atomic mass is 10.1. The molecule has 1 unspecified atom stereocenters. The van der Waals surface area contributed by atoms with Gasteiger partial charge in [0.05, 0.1) is 6.10 Å². The molecule has 1 rings (SSSR count). The van der Waals surface area contributed by atoms with Gasteiger partial charge in [-0.1, -0.05) is 42.0 Å². The van der Waals surface area contributed by atoms with Gasteiger partial charge < -0.3 is 5.11 Å². The number of rotatable bonds is 4. The van der Waals surface area contributed by atoms with Gasteiger partial charge in [0, 0.05) is 16.5 Å². The smallest absolute Gasteiger partial charge is 0.0986 e. The predicted octanol–water partition coefficient (Wildman–Crippen LogP) is 3.56. The highest BCUT2D eigenvalue weighted by Crippen LogP contribution is 2.23. The third-order valence-corrected chi connectivity index (χ3v) is 2.38. The molecule has 0 heterocycles. The van der Waals surface area contributed by atoms with E-state index in [1.165, 1.54) is 0 Å². The predicted molar refractivity (Wildman–Crippen MR) is 60.9 cm³/mol. The van der Waals surface area contributed by atoms with Crippen molar-refractivity contribution in [3.63, 3.8) is 0 Å². The zero-order chi connectivity index (χ0) is 10.4. The van der Waals surface area contributed by atoms with E-state index in [1.54, 1.807) is 18.2 Å². The minimum atomic E-state index is -0.646. The molecule has 0 radical (unpaired) electrons. The Bertz CT molecular complexity index is 310. The molecule has 1 nitrogen and oxygen atoms in total. The number of aliphatic hydroxyl groups excluding tert-OH is 1. The van der Waals surface area contributed by atoms with Gasteiger partial charge in [-0.15, -0.1) is 11.6 Å². The molecule has 3 heteroatoms. The topological polar surface area (TPSA) is 20.2 Å². The van der Waals surface area contributed by atoms with Crippen molar-refractivity contribution in [1.29, 1.82) is 0 Å². The first kappa shape index (κ1) is 11.6. The summed E-state index contributed by atoms with van der Waals surface area (Å²) in [5, 5.41) is 10.3. The van der Waals surface area contributed by atoms with Crippen molar-refractivity contribution in [3.8, 4) is 0 Å². The van der Waals surface area contributed by atoms with Crippen molar-refractivity contribution >= 4 is 23.2 Å². The second-order valence-electron chi connectivity index (χ2n) is 2.87. The summed E-state index contributed by atoms with van der Waals surface area (Å²) in [5.74, 6) is 0.561. The first-order valence-electron chi connectivity index (χ1n) is 4.41. The van der Waals surface area contributed by atoms with E-state index in [2.05, 4.69) is 0 Å². The average Bonchev–Trinajstić information content (AvgIpc) is 2.18. The first-order chi connectivity index (χ1) is 6.75. The molecule has 1 aromatic rings. The minimum Gasteiger partial charge on any atom is -0.384 e. The molecule has 0 saturated carbocycles. The largest absolute Gasteiger partial charge is 0.384 e. The highest BCUT2D eigenvalue weighted by Gasteiger charge is 2.06. The van der Waals surface area contributed by atoms with E-state index >= 15 is 0 Å². The summed E-state index contributed by atoms with van der Waals surface area (Å²) in [6, 6.07) is 7.24. The SMILES string of the molecule is OC(C=CCCCl)c1ccccc1Cl. The molecule has 0 aliphatic rings. The highest BCUT2D eigenvalue weighted by molar-refractivity contribution is 6.31. The summed E-state index contributed by atoms with van der Waals surface area (Å²) < 4.78 is 0. The van der Waals surface area contributed by atoms with Crippen LogP contribution in [0.25, 0.3) is 0 Å². The van der Waals surface area contributed by atoms with Crippen LogP contribution in [0.15, 0.2) is 36.4 Å². The van der Waals surface area contributed by atoms with Crippen LogP contribution < -0.4 is 0 Å². The third kappa shape index (κ3) is 3.33. The monoisotopic (exact) mass is 230 g/mol. The maximum Gasteiger partial charge on any atom is 0.0986 e. The van der Waals surface area contributed by atoms with E-state index in [-0.39, 0.29) is 0 Å². The lowest BCUT2D eigenvalue weighted by molar-refractivity contribution is 0.228. The summed E-state index contributed by atoms with van der Waals surface area (Å²) in [7, 11) is 0. The van der Waals surface area contributed by atoms with Crippen molar-refractivity contribution in [2.75, 3.05) is 5.88 Å². The first-order valence-corrected chi connectivity index (χ1v) is 5.32. The van der Waals surface area contributed by atoms with Crippen LogP contribution in [0, 0.1) is 0 Å². The summed E-state index contributed by atoms with van der Waals surface area (Å²) in [4.78, 5) is 0. The van der Waals surface area contributed by atoms with Gasteiger partial charge in [-0.3, -0.25) is 0 Å². The molecule has 0 aromatic heterocycles. The standard InChI is InChI=1S/C11H12Cl2O/c12-8-4-3-7-11(14)9-5-1-2-6-10(9)13/h1-3,5-7,11,14H,4,8H2. The number of benzene rings is 1. The molecule has 0 aliphatic heterocycles. The number of aliphatic hydroxyl groups is 1. The Hall–Kier alpha value is -0.500. The normalized spacial score (nSPS) is 13.4. The molecule has 1 atom stereocenters. The van der Waals surface area contributed by atoms with Crippen molar-refractivity contribution in [2.24, 2.45) is 0 Å². The van der Waals surface area contributed by atoms with Crippen molar-refractivity contribution in [2.45, 2.75) is 12.5 Å². The lowest BCUT2D eigenvalue weighted by Gasteiger charge is -2.07. The van der Waals surface area contributed by atoms with Crippen LogP contribution >= 0.6 is 23.2 Å². The molecule has 0 aliphatic carbocycles. The Labute approximate surface area is 94.0 Å². The number of allylic oxidation sites excluding steroid dienone is 1. The molecule has 0 spiro atoms. The maximum absolute atomic E-state index is 9.71. The molecule has 1 N–H and O–H groups in total. The Morgan fingerprint density at radius 3 is 2.71 bits per heavy atom. The number of hydrogen-bond donors (Lipinski definition) is 1. The Kier molecular flexibility index (Phi) is 5.02. The summed E-state index contributed by atoms with van der Waals surface area (Å²) >= 11 is 11.4. The molecule has 1 aromatic carbocycles. The van der Waals surface area contributed by atoms with E-state index in [4.69, 9.17) is 23.2 Å². The third-order valence-electron chi connectivity index (χ3n) is 1.82. The van der Waals surface area contributed by atoms with Crippen LogP contribution in [0.4, 0.5) is 0 Å². The van der Waals surface area contributed by atoms with Crippen molar-refractivity contribution in [3.05, 3.63) is 47.0 Å². The quantitative estimate of drug-likeness (QED) is 0.620. The Morgan fingerprint density at radius 2 is 2.07 bits per heavy atom. The van der Waals surface area contributed by atoms with E-state index in [0.29, 0.717) is 10.9 Å². The van der Waals surface area contributed by atoms with E-state index in [9.17, 15) is 5.11 Å². The van der Waals surface area contributed by atoms with Gasteiger partial charge in [0.1, 0.15) is 0 Å². The van der Waals surface area contributed by atoms with Gasteiger partial charge in [-0.25, -0.2) is 0 Å². The zero-order valence-electron chi connectivity index (χ0n) is 7.66. The van der Waals surface area contributed by atoms with Crippen LogP contribution in [-0.4, -0.2) is 11.0 Å². The molecule has 0 saturated heterocycles. The summed E-state index contributed by atoms with van der Waals surface area (Å²) in [5.41, 5.74) is 0.722. The van der Waals surface area contributed by atoms with Crippen molar-refractivity contribution in [1.82, 2.24) is 0 Å². The lowest BCUT2D eigenvalue weighted by Crippen LogP contribution is -1.93. The molecule has 76 valence electrons. The van der Waals surface area contributed by atoms with Crippen LogP contribution in [0.2, 0.25) is 5.02 Å². The molecular weight excluding hydrogens is 219 g/mol. The minimum absolute atomic E-state index is 0.561. The molecule has 14 heavy (non-hydrogen) atoms. The molecule has 0 fully saturated rings. The van der Waals surface area contributed by atoms with Gasteiger partial charge in [-0.2, -0.15) is 0 Å². The van der Waals surface area contributed by atoms with Crippen LogP contribution in [0.5, 0.6) is 0 Å². The zero-order valence-corrected chi connectivity index (χ0v) is 9.17. The summed E-state index contributed by atoms with van der Waals surface area (Å²) in [6.45, 7) is 0. The van der Waals surface area contributed by atoms with Crippen LogP contribution in [0.3, 0.4) is 0 Å². The van der Waals surface area contributed by atoms with E-state index in [1.807, 2.05) is 18.2 Å². The van der Waals surface area contributed by atoms with Gasteiger partial charge in [0.25, 0.3) is 0 Å². The Morgan fingerprint density at radius 1 is 1.36 bits per heavy atom. The maximum atomic E-state index is 9.71. The van der Waals surface area contributed by atoms with Gasteiger partial charge in [0.15, 0.2) is 0 Å².